The van der Waals surface area contributed by atoms with Gasteiger partial charge in [-0.3, -0.25) is 4.79 Å². The molecule has 0 fully saturated rings. The van der Waals surface area contributed by atoms with Gasteiger partial charge in [-0.25, -0.2) is 0 Å². The highest BCUT2D eigenvalue weighted by molar-refractivity contribution is 5.73. The summed E-state index contributed by atoms with van der Waals surface area (Å²) in [6.07, 6.45) is 3.85. The van der Waals surface area contributed by atoms with Gasteiger partial charge in [0, 0.05) is 13.5 Å². The van der Waals surface area contributed by atoms with Crippen molar-refractivity contribution in [3.05, 3.63) is 34.9 Å². The lowest BCUT2D eigenvalue weighted by Gasteiger charge is -2.06. The van der Waals surface area contributed by atoms with Crippen LogP contribution in [-0.2, 0) is 4.79 Å². The summed E-state index contributed by atoms with van der Waals surface area (Å²) in [6.45, 7) is 5.91. The molecule has 0 aliphatic carbocycles. The fourth-order valence-corrected chi connectivity index (χ4v) is 1.59. The van der Waals surface area contributed by atoms with Crippen LogP contribution in [0, 0.1) is 13.8 Å². The first-order valence-electron chi connectivity index (χ1n) is 5.22. The number of hydrogen-bond acceptors (Lipinski definition) is 2. The fourth-order valence-electron chi connectivity index (χ4n) is 1.59. The van der Waals surface area contributed by atoms with Crippen molar-refractivity contribution in [2.45, 2.75) is 20.8 Å². The second-order valence-corrected chi connectivity index (χ2v) is 3.83. The van der Waals surface area contributed by atoms with E-state index in [0.717, 1.165) is 16.7 Å². The Labute approximate surface area is 95.8 Å². The monoisotopic (exact) mass is 219 g/mol. The van der Waals surface area contributed by atoms with E-state index in [9.17, 15) is 9.90 Å². The predicted octanol–water partition coefficient (Wildman–Crippen LogP) is 2.16. The number of rotatable bonds is 3. The zero-order valence-corrected chi connectivity index (χ0v) is 9.87. The molecule has 0 saturated carbocycles. The van der Waals surface area contributed by atoms with E-state index in [1.54, 1.807) is 12.1 Å². The van der Waals surface area contributed by atoms with Crippen molar-refractivity contribution in [1.82, 2.24) is 5.32 Å². The molecule has 3 heteroatoms. The van der Waals surface area contributed by atoms with Crippen molar-refractivity contribution in [2.24, 2.45) is 0 Å². The Morgan fingerprint density at radius 2 is 1.94 bits per heavy atom. The second-order valence-electron chi connectivity index (χ2n) is 3.83. The molecule has 0 aromatic heterocycles. The molecule has 0 heterocycles. The van der Waals surface area contributed by atoms with Crippen LogP contribution in [0.25, 0.3) is 6.08 Å². The minimum Gasteiger partial charge on any atom is -0.508 e. The number of benzene rings is 1. The molecule has 1 amide bonds. The summed E-state index contributed by atoms with van der Waals surface area (Å²) in [5.41, 5.74) is 3.14. The number of amides is 1. The normalized spacial score (nSPS) is 10.7. The van der Waals surface area contributed by atoms with Gasteiger partial charge in [-0.15, -0.1) is 0 Å². The number of aromatic hydroxyl groups is 1. The van der Waals surface area contributed by atoms with Crippen LogP contribution in [-0.4, -0.2) is 17.6 Å². The van der Waals surface area contributed by atoms with Gasteiger partial charge in [-0.2, -0.15) is 0 Å². The highest BCUT2D eigenvalue weighted by Gasteiger charge is 2.00. The van der Waals surface area contributed by atoms with E-state index in [4.69, 9.17) is 0 Å². The molecule has 0 aliphatic heterocycles. The second kappa shape index (κ2) is 5.35. The van der Waals surface area contributed by atoms with Crippen molar-refractivity contribution in [2.75, 3.05) is 6.54 Å². The highest BCUT2D eigenvalue weighted by atomic mass is 16.3. The van der Waals surface area contributed by atoms with Crippen molar-refractivity contribution < 1.29 is 9.90 Å². The molecule has 0 unspecified atom stereocenters. The van der Waals surface area contributed by atoms with E-state index >= 15 is 0 Å². The number of carbonyl (C=O) groups excluding carboxylic acids is 1. The maximum atomic E-state index is 10.7. The zero-order chi connectivity index (χ0) is 12.1. The van der Waals surface area contributed by atoms with Crippen LogP contribution >= 0.6 is 0 Å². The lowest BCUT2D eigenvalue weighted by atomic mass is 10.0. The Morgan fingerprint density at radius 3 is 2.44 bits per heavy atom. The number of aryl methyl sites for hydroxylation is 2. The summed E-state index contributed by atoms with van der Waals surface area (Å²) in [6, 6.07) is 3.45. The number of phenolic OH excluding ortho intramolecular Hbond substituents is 1. The van der Waals surface area contributed by atoms with Crippen LogP contribution in [0.3, 0.4) is 0 Å². The third kappa shape index (κ3) is 3.42. The van der Waals surface area contributed by atoms with Crippen molar-refractivity contribution in [3.8, 4) is 5.75 Å². The van der Waals surface area contributed by atoms with Gasteiger partial charge < -0.3 is 10.4 Å². The molecular weight excluding hydrogens is 202 g/mol. The van der Waals surface area contributed by atoms with Gasteiger partial charge in [0.1, 0.15) is 5.75 Å². The van der Waals surface area contributed by atoms with Crippen molar-refractivity contribution in [3.63, 3.8) is 0 Å². The Balaban J connectivity index is 2.77. The summed E-state index contributed by atoms with van der Waals surface area (Å²) in [5, 5.41) is 12.1. The molecule has 1 aromatic carbocycles. The van der Waals surface area contributed by atoms with E-state index in [-0.39, 0.29) is 11.7 Å². The minimum atomic E-state index is -0.0381. The number of carbonyl (C=O) groups is 1. The maximum Gasteiger partial charge on any atom is 0.217 e. The van der Waals surface area contributed by atoms with Gasteiger partial charge >= 0.3 is 0 Å². The largest absolute Gasteiger partial charge is 0.508 e. The van der Waals surface area contributed by atoms with Crippen LogP contribution in [0.4, 0.5) is 0 Å². The fraction of sp³-hybridized carbons (Fsp3) is 0.308. The first-order valence-corrected chi connectivity index (χ1v) is 5.22. The van der Waals surface area contributed by atoms with Gasteiger partial charge in [-0.1, -0.05) is 12.2 Å². The molecule has 1 aromatic rings. The molecule has 1 rings (SSSR count). The molecule has 3 nitrogen and oxygen atoms in total. The Bertz CT molecular complexity index is 399. The van der Waals surface area contributed by atoms with Gasteiger partial charge in [0.15, 0.2) is 0 Å². The molecule has 0 bridgehead atoms. The van der Waals surface area contributed by atoms with Gasteiger partial charge in [0.25, 0.3) is 0 Å². The van der Waals surface area contributed by atoms with Gasteiger partial charge in [0.05, 0.1) is 0 Å². The Kier molecular flexibility index (Phi) is 4.11. The van der Waals surface area contributed by atoms with E-state index in [1.165, 1.54) is 6.92 Å². The van der Waals surface area contributed by atoms with Crippen LogP contribution in [0.1, 0.15) is 23.6 Å². The first kappa shape index (κ1) is 12.3. The molecule has 2 N–H and O–H groups in total. The molecule has 0 saturated heterocycles. The molecule has 0 atom stereocenters. The molecular formula is C13H17NO2. The summed E-state index contributed by atoms with van der Waals surface area (Å²) in [4.78, 5) is 10.7. The molecule has 86 valence electrons. The predicted molar refractivity (Wildman–Crippen MR) is 65.3 cm³/mol. The lowest BCUT2D eigenvalue weighted by molar-refractivity contribution is -0.118. The number of nitrogens with one attached hydrogen (secondary N) is 1. The Morgan fingerprint density at radius 1 is 1.38 bits per heavy atom. The lowest BCUT2D eigenvalue weighted by Crippen LogP contribution is -2.19. The number of hydrogen-bond donors (Lipinski definition) is 2. The average molecular weight is 219 g/mol. The summed E-state index contributed by atoms with van der Waals surface area (Å²) in [7, 11) is 0. The third-order valence-electron chi connectivity index (χ3n) is 2.33. The third-order valence-corrected chi connectivity index (χ3v) is 2.33. The van der Waals surface area contributed by atoms with Crippen LogP contribution < -0.4 is 5.32 Å². The topological polar surface area (TPSA) is 49.3 Å². The maximum absolute atomic E-state index is 10.7. The molecule has 16 heavy (non-hydrogen) atoms. The summed E-state index contributed by atoms with van der Waals surface area (Å²) >= 11 is 0. The van der Waals surface area contributed by atoms with Gasteiger partial charge in [-0.05, 0) is 42.7 Å². The van der Waals surface area contributed by atoms with E-state index in [0.29, 0.717) is 6.54 Å². The smallest absolute Gasteiger partial charge is 0.217 e. The van der Waals surface area contributed by atoms with Crippen LogP contribution in [0.2, 0.25) is 0 Å². The first-order chi connectivity index (χ1) is 7.50. The average Bonchev–Trinajstić information content (AvgIpc) is 2.14. The van der Waals surface area contributed by atoms with E-state index < -0.39 is 0 Å². The van der Waals surface area contributed by atoms with Crippen LogP contribution in [0.5, 0.6) is 5.75 Å². The highest BCUT2D eigenvalue weighted by Crippen LogP contribution is 2.21. The van der Waals surface area contributed by atoms with Crippen molar-refractivity contribution in [1.29, 1.82) is 0 Å². The Hall–Kier alpha value is -1.77. The van der Waals surface area contributed by atoms with Crippen LogP contribution in [0.15, 0.2) is 18.2 Å². The van der Waals surface area contributed by atoms with E-state index in [2.05, 4.69) is 5.32 Å². The van der Waals surface area contributed by atoms with Crippen molar-refractivity contribution >= 4 is 12.0 Å². The standard InChI is InChI=1S/C13H17NO2/c1-9-7-12(16)8-10(2)13(9)5-4-6-14-11(3)15/h4-5,7-8,16H,6H2,1-3H3,(H,14,15). The summed E-state index contributed by atoms with van der Waals surface area (Å²) in [5.74, 6) is 0.248. The van der Waals surface area contributed by atoms with Gasteiger partial charge in [0.2, 0.25) is 5.91 Å². The van der Waals surface area contributed by atoms with E-state index in [1.807, 2.05) is 26.0 Å². The zero-order valence-electron chi connectivity index (χ0n) is 9.87. The summed E-state index contributed by atoms with van der Waals surface area (Å²) < 4.78 is 0. The minimum absolute atomic E-state index is 0.0381. The number of phenols is 1. The quantitative estimate of drug-likeness (QED) is 0.818. The molecule has 0 radical (unpaired) electrons. The molecule has 0 spiro atoms. The SMILES string of the molecule is CC(=O)NCC=Cc1c(C)cc(O)cc1C. The molecule has 0 aliphatic rings.